The maximum absolute atomic E-state index is 12.4. The quantitative estimate of drug-likeness (QED) is 0.640. The lowest BCUT2D eigenvalue weighted by atomic mass is 9.99. The minimum atomic E-state index is -0.250. The predicted molar refractivity (Wildman–Crippen MR) is 85.7 cm³/mol. The number of carbonyl (C=O) groups is 1. The van der Waals surface area contributed by atoms with Crippen LogP contribution in [0.1, 0.15) is 32.7 Å². The summed E-state index contributed by atoms with van der Waals surface area (Å²) >= 11 is 0. The van der Waals surface area contributed by atoms with Crippen molar-refractivity contribution in [1.29, 1.82) is 0 Å². The van der Waals surface area contributed by atoms with E-state index in [1.54, 1.807) is 13.1 Å². The van der Waals surface area contributed by atoms with Crippen LogP contribution in [0.4, 0.5) is 0 Å². The second-order valence-corrected chi connectivity index (χ2v) is 5.18. The van der Waals surface area contributed by atoms with E-state index in [1.165, 1.54) is 10.6 Å². The molecule has 21 heavy (non-hydrogen) atoms. The molecule has 1 aromatic heterocycles. The van der Waals surface area contributed by atoms with Crippen molar-refractivity contribution >= 4 is 11.9 Å². The Morgan fingerprint density at radius 1 is 1.05 bits per heavy atom. The standard InChI is InChI=1S/C18H19NO2/c1-12-13(2)17(18(21)19(4)14(12)3)16(20)11-10-15-8-6-5-7-9-15/h5-11H,1-4H3/b11-10+. The van der Waals surface area contributed by atoms with Crippen molar-refractivity contribution in [3.05, 3.63) is 74.7 Å². The fourth-order valence-corrected chi connectivity index (χ4v) is 2.30. The highest BCUT2D eigenvalue weighted by Gasteiger charge is 2.16. The lowest BCUT2D eigenvalue weighted by Gasteiger charge is -2.13. The third kappa shape index (κ3) is 2.87. The van der Waals surface area contributed by atoms with Gasteiger partial charge in [-0.15, -0.1) is 0 Å². The summed E-state index contributed by atoms with van der Waals surface area (Å²) < 4.78 is 1.53. The van der Waals surface area contributed by atoms with E-state index in [0.717, 1.165) is 22.4 Å². The Morgan fingerprint density at radius 2 is 1.67 bits per heavy atom. The first-order chi connectivity index (χ1) is 9.93. The number of allylic oxidation sites excluding steroid dienone is 1. The van der Waals surface area contributed by atoms with Crippen molar-refractivity contribution in [3.8, 4) is 0 Å². The SMILES string of the molecule is Cc1c(C)c(C)n(C)c(=O)c1C(=O)/C=C/c1ccccc1. The van der Waals surface area contributed by atoms with Crippen LogP contribution < -0.4 is 5.56 Å². The molecule has 2 rings (SSSR count). The summed E-state index contributed by atoms with van der Waals surface area (Å²) in [6, 6.07) is 9.56. The summed E-state index contributed by atoms with van der Waals surface area (Å²) in [5.74, 6) is -0.250. The van der Waals surface area contributed by atoms with Crippen molar-refractivity contribution in [2.24, 2.45) is 7.05 Å². The van der Waals surface area contributed by atoms with Gasteiger partial charge in [0.05, 0.1) is 5.56 Å². The Morgan fingerprint density at radius 3 is 2.29 bits per heavy atom. The summed E-state index contributed by atoms with van der Waals surface area (Å²) in [6.07, 6.45) is 3.20. The van der Waals surface area contributed by atoms with Crippen LogP contribution in [0, 0.1) is 20.8 Å². The van der Waals surface area contributed by atoms with Crippen molar-refractivity contribution < 1.29 is 4.79 Å². The van der Waals surface area contributed by atoms with Gasteiger partial charge < -0.3 is 4.57 Å². The molecule has 0 spiro atoms. The van der Waals surface area contributed by atoms with Crippen LogP contribution in [0.3, 0.4) is 0 Å². The zero-order valence-electron chi connectivity index (χ0n) is 12.8. The number of rotatable bonds is 3. The Bertz CT molecular complexity index is 768. The first-order valence-electron chi connectivity index (χ1n) is 6.87. The number of pyridine rings is 1. The summed E-state index contributed by atoms with van der Waals surface area (Å²) in [5, 5.41) is 0. The first-order valence-corrected chi connectivity index (χ1v) is 6.87. The van der Waals surface area contributed by atoms with Gasteiger partial charge in [0.1, 0.15) is 0 Å². The summed E-state index contributed by atoms with van der Waals surface area (Å²) in [5.41, 5.74) is 3.59. The maximum atomic E-state index is 12.4. The van der Waals surface area contributed by atoms with Crippen LogP contribution in [0.5, 0.6) is 0 Å². The topological polar surface area (TPSA) is 39.1 Å². The molecule has 0 aliphatic heterocycles. The molecular formula is C18H19NO2. The molecule has 0 saturated carbocycles. The molecule has 3 nitrogen and oxygen atoms in total. The predicted octanol–water partition coefficient (Wildman–Crippen LogP) is 3.21. The van der Waals surface area contributed by atoms with E-state index < -0.39 is 0 Å². The fourth-order valence-electron chi connectivity index (χ4n) is 2.30. The van der Waals surface area contributed by atoms with Gasteiger partial charge in [0, 0.05) is 12.7 Å². The second-order valence-electron chi connectivity index (χ2n) is 5.18. The van der Waals surface area contributed by atoms with Crippen molar-refractivity contribution in [3.63, 3.8) is 0 Å². The number of aromatic nitrogens is 1. The van der Waals surface area contributed by atoms with E-state index in [0.29, 0.717) is 0 Å². The molecule has 0 aliphatic carbocycles. The summed E-state index contributed by atoms with van der Waals surface area (Å²) in [7, 11) is 1.70. The molecule has 2 aromatic rings. The zero-order chi connectivity index (χ0) is 15.6. The molecule has 0 radical (unpaired) electrons. The Balaban J connectivity index is 2.46. The minimum absolute atomic E-state index is 0.238. The van der Waals surface area contributed by atoms with Crippen LogP contribution in [-0.2, 0) is 7.05 Å². The molecule has 1 heterocycles. The van der Waals surface area contributed by atoms with Gasteiger partial charge in [-0.25, -0.2) is 0 Å². The summed E-state index contributed by atoms with van der Waals surface area (Å²) in [6.45, 7) is 5.65. The number of benzene rings is 1. The molecule has 0 unspecified atom stereocenters. The van der Waals surface area contributed by atoms with E-state index in [-0.39, 0.29) is 16.9 Å². The van der Waals surface area contributed by atoms with Crippen LogP contribution >= 0.6 is 0 Å². The van der Waals surface area contributed by atoms with Crippen molar-refractivity contribution in [2.75, 3.05) is 0 Å². The normalized spacial score (nSPS) is 11.0. The number of carbonyl (C=O) groups excluding carboxylic acids is 1. The highest BCUT2D eigenvalue weighted by Crippen LogP contribution is 2.14. The maximum Gasteiger partial charge on any atom is 0.261 e. The Hall–Kier alpha value is -2.42. The molecule has 1 aromatic carbocycles. The molecule has 0 aliphatic rings. The minimum Gasteiger partial charge on any atom is -0.315 e. The second kappa shape index (κ2) is 5.92. The van der Waals surface area contributed by atoms with Crippen LogP contribution in [0.25, 0.3) is 6.08 Å². The fraction of sp³-hybridized carbons (Fsp3) is 0.222. The van der Waals surface area contributed by atoms with Crippen LogP contribution in [0.15, 0.2) is 41.2 Å². The van der Waals surface area contributed by atoms with Gasteiger partial charge >= 0.3 is 0 Å². The smallest absolute Gasteiger partial charge is 0.261 e. The number of hydrogen-bond donors (Lipinski definition) is 0. The number of ketones is 1. The third-order valence-electron chi connectivity index (χ3n) is 3.97. The highest BCUT2D eigenvalue weighted by molar-refractivity contribution is 6.07. The van der Waals surface area contributed by atoms with Crippen LogP contribution in [0.2, 0.25) is 0 Å². The van der Waals surface area contributed by atoms with Gasteiger partial charge in [0.25, 0.3) is 5.56 Å². The van der Waals surface area contributed by atoms with E-state index in [1.807, 2.05) is 51.1 Å². The number of hydrogen-bond acceptors (Lipinski definition) is 2. The number of nitrogens with zero attached hydrogens (tertiary/aromatic N) is 1. The largest absolute Gasteiger partial charge is 0.315 e. The molecule has 0 saturated heterocycles. The van der Waals surface area contributed by atoms with E-state index in [4.69, 9.17) is 0 Å². The molecule has 108 valence electrons. The van der Waals surface area contributed by atoms with E-state index in [9.17, 15) is 9.59 Å². The molecule has 0 amide bonds. The van der Waals surface area contributed by atoms with E-state index >= 15 is 0 Å². The molecule has 3 heteroatoms. The zero-order valence-corrected chi connectivity index (χ0v) is 12.8. The molecule has 0 bridgehead atoms. The van der Waals surface area contributed by atoms with Gasteiger partial charge in [-0.3, -0.25) is 9.59 Å². The summed E-state index contributed by atoms with van der Waals surface area (Å²) in [4.78, 5) is 24.7. The lowest BCUT2D eigenvalue weighted by Crippen LogP contribution is -2.28. The average molecular weight is 281 g/mol. The monoisotopic (exact) mass is 281 g/mol. The highest BCUT2D eigenvalue weighted by atomic mass is 16.1. The Kier molecular flexibility index (Phi) is 4.22. The molecule has 0 fully saturated rings. The van der Waals surface area contributed by atoms with Crippen LogP contribution in [-0.4, -0.2) is 10.4 Å². The average Bonchev–Trinajstić information content (AvgIpc) is 2.50. The van der Waals surface area contributed by atoms with Gasteiger partial charge in [-0.1, -0.05) is 36.4 Å². The third-order valence-corrected chi connectivity index (χ3v) is 3.97. The van der Waals surface area contributed by atoms with Gasteiger partial charge in [-0.05, 0) is 43.5 Å². The lowest BCUT2D eigenvalue weighted by molar-refractivity contribution is 0.104. The van der Waals surface area contributed by atoms with E-state index in [2.05, 4.69) is 0 Å². The van der Waals surface area contributed by atoms with Gasteiger partial charge in [-0.2, -0.15) is 0 Å². The molecular weight excluding hydrogens is 262 g/mol. The molecule has 0 N–H and O–H groups in total. The van der Waals surface area contributed by atoms with Gasteiger partial charge in [0.15, 0.2) is 5.78 Å². The van der Waals surface area contributed by atoms with Gasteiger partial charge in [0.2, 0.25) is 0 Å². The van der Waals surface area contributed by atoms with Crippen molar-refractivity contribution in [2.45, 2.75) is 20.8 Å². The Labute approximate surface area is 124 Å². The van der Waals surface area contributed by atoms with Crippen molar-refractivity contribution in [1.82, 2.24) is 4.57 Å². The first kappa shape index (κ1) is 15.0. The molecule has 0 atom stereocenters.